The monoisotopic (exact) mass is 223 g/mol. The van der Waals surface area contributed by atoms with Crippen molar-refractivity contribution < 1.29 is 9.50 Å². The molecule has 1 unspecified atom stereocenters. The predicted octanol–water partition coefficient (Wildman–Crippen LogP) is 2.57. The van der Waals surface area contributed by atoms with Crippen molar-refractivity contribution in [2.24, 2.45) is 0 Å². The predicted molar refractivity (Wildman–Crippen MR) is 63.1 cm³/mol. The number of nitrogens with zero attached hydrogens (tertiary/aromatic N) is 1. The van der Waals surface area contributed by atoms with E-state index in [1.807, 2.05) is 0 Å². The van der Waals surface area contributed by atoms with E-state index >= 15 is 0 Å². The van der Waals surface area contributed by atoms with Crippen LogP contribution in [0, 0.1) is 5.82 Å². The molecule has 2 rings (SSSR count). The smallest absolute Gasteiger partial charge is 0.123 e. The Morgan fingerprint density at radius 1 is 1.31 bits per heavy atom. The van der Waals surface area contributed by atoms with Gasteiger partial charge in [0, 0.05) is 17.8 Å². The summed E-state index contributed by atoms with van der Waals surface area (Å²) in [5.74, 6) is -0.210. The molecule has 1 aromatic carbocycles. The average molecular weight is 223 g/mol. The topological polar surface area (TPSA) is 23.5 Å². The molecule has 1 N–H and O–H groups in total. The Labute approximate surface area is 95.7 Å². The Balaban J connectivity index is 2.23. The van der Waals surface area contributed by atoms with Crippen LogP contribution in [0.5, 0.6) is 0 Å². The van der Waals surface area contributed by atoms with Crippen LogP contribution in [0.3, 0.4) is 0 Å². The first kappa shape index (κ1) is 11.4. The first-order valence-electron chi connectivity index (χ1n) is 5.70. The fraction of sp³-hybridized carbons (Fsp3) is 0.538. The number of halogens is 1. The molecule has 1 heterocycles. The third kappa shape index (κ3) is 2.19. The summed E-state index contributed by atoms with van der Waals surface area (Å²) in [5.41, 5.74) is 0.952. The van der Waals surface area contributed by atoms with Crippen LogP contribution < -0.4 is 4.90 Å². The minimum Gasteiger partial charge on any atom is -0.393 e. The van der Waals surface area contributed by atoms with Crippen molar-refractivity contribution in [2.75, 3.05) is 11.4 Å². The second kappa shape index (κ2) is 4.06. The molecule has 1 atom stereocenters. The molecule has 88 valence electrons. The number of aliphatic hydroxyl groups is 1. The highest BCUT2D eigenvalue weighted by Gasteiger charge is 2.33. The molecular weight excluding hydrogens is 205 g/mol. The Morgan fingerprint density at radius 3 is 2.50 bits per heavy atom. The standard InChI is InChI=1S/C13H18FNO/c1-13(2)9-12(16)7-8-15(13)11-5-3-10(14)4-6-11/h3-6,12,16H,7-9H2,1-2H3. The Hall–Kier alpha value is -1.09. The minimum atomic E-state index is -0.216. The van der Waals surface area contributed by atoms with Gasteiger partial charge in [-0.15, -0.1) is 0 Å². The highest BCUT2D eigenvalue weighted by molar-refractivity contribution is 5.49. The maximum atomic E-state index is 12.9. The van der Waals surface area contributed by atoms with E-state index in [0.29, 0.717) is 0 Å². The van der Waals surface area contributed by atoms with Gasteiger partial charge in [-0.05, 0) is 51.0 Å². The van der Waals surface area contributed by atoms with Crippen molar-refractivity contribution >= 4 is 5.69 Å². The molecular formula is C13H18FNO. The van der Waals surface area contributed by atoms with E-state index in [4.69, 9.17) is 0 Å². The van der Waals surface area contributed by atoms with Crippen LogP contribution >= 0.6 is 0 Å². The first-order chi connectivity index (χ1) is 7.49. The van der Waals surface area contributed by atoms with Crippen LogP contribution in [0.4, 0.5) is 10.1 Å². The van der Waals surface area contributed by atoms with Crippen LogP contribution in [0.15, 0.2) is 24.3 Å². The zero-order valence-electron chi connectivity index (χ0n) is 9.78. The SMILES string of the molecule is CC1(C)CC(O)CCN1c1ccc(F)cc1. The van der Waals surface area contributed by atoms with Crippen LogP contribution in [0.1, 0.15) is 26.7 Å². The van der Waals surface area contributed by atoms with Gasteiger partial charge in [-0.1, -0.05) is 0 Å². The van der Waals surface area contributed by atoms with Gasteiger partial charge in [0.2, 0.25) is 0 Å². The molecule has 1 aromatic rings. The summed E-state index contributed by atoms with van der Waals surface area (Å²) >= 11 is 0. The summed E-state index contributed by atoms with van der Waals surface area (Å²) < 4.78 is 12.9. The van der Waals surface area contributed by atoms with E-state index in [-0.39, 0.29) is 17.5 Å². The average Bonchev–Trinajstić information content (AvgIpc) is 2.18. The van der Waals surface area contributed by atoms with E-state index in [0.717, 1.165) is 25.1 Å². The highest BCUT2D eigenvalue weighted by Crippen LogP contribution is 2.32. The van der Waals surface area contributed by atoms with Crippen molar-refractivity contribution in [3.63, 3.8) is 0 Å². The Bertz CT molecular complexity index is 361. The van der Waals surface area contributed by atoms with E-state index in [1.165, 1.54) is 12.1 Å². The summed E-state index contributed by atoms with van der Waals surface area (Å²) in [4.78, 5) is 2.24. The lowest BCUT2D eigenvalue weighted by atomic mass is 9.88. The van der Waals surface area contributed by atoms with Gasteiger partial charge in [0.15, 0.2) is 0 Å². The van der Waals surface area contributed by atoms with E-state index in [1.54, 1.807) is 12.1 Å². The summed E-state index contributed by atoms with van der Waals surface area (Å²) in [6.07, 6.45) is 1.32. The lowest BCUT2D eigenvalue weighted by molar-refractivity contribution is 0.107. The van der Waals surface area contributed by atoms with Crippen LogP contribution in [0.25, 0.3) is 0 Å². The quantitative estimate of drug-likeness (QED) is 0.791. The number of hydrogen-bond donors (Lipinski definition) is 1. The largest absolute Gasteiger partial charge is 0.393 e. The van der Waals surface area contributed by atoms with Gasteiger partial charge in [0.05, 0.1) is 6.10 Å². The molecule has 3 heteroatoms. The van der Waals surface area contributed by atoms with Gasteiger partial charge in [-0.3, -0.25) is 0 Å². The second-order valence-electron chi connectivity index (χ2n) is 5.09. The molecule has 1 aliphatic rings. The van der Waals surface area contributed by atoms with Crippen LogP contribution in [-0.2, 0) is 0 Å². The molecule has 0 amide bonds. The van der Waals surface area contributed by atoms with Crippen molar-refractivity contribution in [2.45, 2.75) is 38.3 Å². The van der Waals surface area contributed by atoms with Crippen molar-refractivity contribution in [3.05, 3.63) is 30.1 Å². The summed E-state index contributed by atoms with van der Waals surface area (Å²) in [5, 5.41) is 9.67. The molecule has 0 saturated carbocycles. The van der Waals surface area contributed by atoms with Gasteiger partial charge in [-0.2, -0.15) is 0 Å². The summed E-state index contributed by atoms with van der Waals surface area (Å²) in [6, 6.07) is 6.57. The van der Waals surface area contributed by atoms with E-state index < -0.39 is 0 Å². The molecule has 1 saturated heterocycles. The molecule has 0 spiro atoms. The maximum absolute atomic E-state index is 12.9. The van der Waals surface area contributed by atoms with E-state index in [9.17, 15) is 9.50 Å². The normalized spacial score (nSPS) is 24.5. The zero-order chi connectivity index (χ0) is 11.8. The third-order valence-electron chi connectivity index (χ3n) is 3.29. The molecule has 16 heavy (non-hydrogen) atoms. The summed E-state index contributed by atoms with van der Waals surface area (Å²) in [7, 11) is 0. The number of rotatable bonds is 1. The van der Waals surface area contributed by atoms with Gasteiger partial charge >= 0.3 is 0 Å². The third-order valence-corrected chi connectivity index (χ3v) is 3.29. The van der Waals surface area contributed by atoms with Gasteiger partial charge < -0.3 is 10.0 Å². The molecule has 0 radical (unpaired) electrons. The maximum Gasteiger partial charge on any atom is 0.123 e. The molecule has 0 bridgehead atoms. The molecule has 2 nitrogen and oxygen atoms in total. The molecule has 1 fully saturated rings. The van der Waals surface area contributed by atoms with Crippen LogP contribution in [-0.4, -0.2) is 23.3 Å². The van der Waals surface area contributed by atoms with Crippen molar-refractivity contribution in [3.8, 4) is 0 Å². The van der Waals surface area contributed by atoms with Gasteiger partial charge in [-0.25, -0.2) is 4.39 Å². The Morgan fingerprint density at radius 2 is 1.94 bits per heavy atom. The van der Waals surface area contributed by atoms with Gasteiger partial charge in [0.25, 0.3) is 0 Å². The number of piperidine rings is 1. The van der Waals surface area contributed by atoms with Gasteiger partial charge in [0.1, 0.15) is 5.82 Å². The van der Waals surface area contributed by atoms with Crippen LogP contribution in [0.2, 0.25) is 0 Å². The number of hydrogen-bond acceptors (Lipinski definition) is 2. The molecule has 1 aliphatic heterocycles. The Kier molecular flexibility index (Phi) is 2.89. The number of aliphatic hydroxyl groups excluding tert-OH is 1. The lowest BCUT2D eigenvalue weighted by Crippen LogP contribution is -2.51. The highest BCUT2D eigenvalue weighted by atomic mass is 19.1. The number of anilines is 1. The minimum absolute atomic E-state index is 0.0739. The fourth-order valence-corrected chi connectivity index (χ4v) is 2.47. The molecule has 0 aliphatic carbocycles. The zero-order valence-corrected chi connectivity index (χ0v) is 9.78. The van der Waals surface area contributed by atoms with Crippen molar-refractivity contribution in [1.29, 1.82) is 0 Å². The van der Waals surface area contributed by atoms with E-state index in [2.05, 4.69) is 18.7 Å². The first-order valence-corrected chi connectivity index (χ1v) is 5.70. The number of benzene rings is 1. The van der Waals surface area contributed by atoms with Crippen molar-refractivity contribution in [1.82, 2.24) is 0 Å². The molecule has 0 aromatic heterocycles. The summed E-state index contributed by atoms with van der Waals surface area (Å²) in [6.45, 7) is 5.04. The fourth-order valence-electron chi connectivity index (χ4n) is 2.47. The lowest BCUT2D eigenvalue weighted by Gasteiger charge is -2.46. The second-order valence-corrected chi connectivity index (χ2v) is 5.09.